The van der Waals surface area contributed by atoms with Gasteiger partial charge in [0.25, 0.3) is 0 Å². The van der Waals surface area contributed by atoms with Crippen LogP contribution >= 0.6 is 11.8 Å². The van der Waals surface area contributed by atoms with Crippen molar-refractivity contribution in [2.75, 3.05) is 18.1 Å². The van der Waals surface area contributed by atoms with Gasteiger partial charge in [0, 0.05) is 11.5 Å². The maximum absolute atomic E-state index is 4.80. The summed E-state index contributed by atoms with van der Waals surface area (Å²) in [6.07, 6.45) is 8.48. The van der Waals surface area contributed by atoms with Gasteiger partial charge in [-0.3, -0.25) is 4.99 Å². The van der Waals surface area contributed by atoms with Gasteiger partial charge in [-0.25, -0.2) is 0 Å². The number of fused-ring (bicyclic) bond motifs is 3. The highest BCUT2D eigenvalue weighted by Crippen LogP contribution is 2.54. The van der Waals surface area contributed by atoms with E-state index >= 15 is 0 Å². The van der Waals surface area contributed by atoms with Gasteiger partial charge >= 0.3 is 0 Å². The van der Waals surface area contributed by atoms with Crippen LogP contribution in [-0.4, -0.2) is 23.8 Å². The Balaban J connectivity index is 1.31. The average molecular weight is 366 g/mol. The Bertz CT molecular complexity index is 774. The van der Waals surface area contributed by atoms with E-state index in [2.05, 4.69) is 43.8 Å². The second-order valence-corrected chi connectivity index (χ2v) is 10.2. The third-order valence-corrected chi connectivity index (χ3v) is 8.48. The van der Waals surface area contributed by atoms with Crippen LogP contribution in [0.3, 0.4) is 0 Å². The summed E-state index contributed by atoms with van der Waals surface area (Å²) >= 11 is 2.15. The SMILES string of the molecule is CC1=NCC(c2ccc3c(c2)CCC2CC32)=C1CSCC1CCC(C)C1. The van der Waals surface area contributed by atoms with Crippen LogP contribution in [0.4, 0.5) is 0 Å². The number of aliphatic imine (C=N–C) groups is 1. The molecule has 4 atom stereocenters. The van der Waals surface area contributed by atoms with Crippen LogP contribution in [0.2, 0.25) is 0 Å². The number of benzene rings is 1. The molecule has 4 unspecified atom stereocenters. The van der Waals surface area contributed by atoms with Gasteiger partial charge in [0.1, 0.15) is 0 Å². The van der Waals surface area contributed by atoms with E-state index in [0.717, 1.165) is 36.0 Å². The zero-order valence-electron chi connectivity index (χ0n) is 16.3. The first-order valence-electron chi connectivity index (χ1n) is 10.6. The third kappa shape index (κ3) is 3.19. The van der Waals surface area contributed by atoms with Crippen molar-refractivity contribution in [3.8, 4) is 0 Å². The minimum absolute atomic E-state index is 0.896. The maximum atomic E-state index is 4.80. The van der Waals surface area contributed by atoms with Crippen LogP contribution in [0.1, 0.15) is 68.6 Å². The van der Waals surface area contributed by atoms with Crippen LogP contribution in [0.25, 0.3) is 5.57 Å². The highest BCUT2D eigenvalue weighted by Gasteiger charge is 2.42. The molecular formula is C24H31NS. The summed E-state index contributed by atoms with van der Waals surface area (Å²) in [5.74, 6) is 6.29. The third-order valence-electron chi connectivity index (χ3n) is 7.28. The fourth-order valence-electron chi connectivity index (χ4n) is 5.53. The summed E-state index contributed by atoms with van der Waals surface area (Å²) < 4.78 is 0. The van der Waals surface area contributed by atoms with Crippen molar-refractivity contribution in [2.24, 2.45) is 22.7 Å². The van der Waals surface area contributed by atoms with Crippen LogP contribution in [0, 0.1) is 17.8 Å². The smallest absolute Gasteiger partial charge is 0.0652 e. The Morgan fingerprint density at radius 2 is 2.08 bits per heavy atom. The number of hydrogen-bond donors (Lipinski definition) is 0. The Hall–Kier alpha value is -1.02. The molecule has 2 heteroatoms. The molecule has 1 aromatic rings. The molecule has 1 heterocycles. The number of thioether (sulfide) groups is 1. The number of aryl methyl sites for hydroxylation is 1. The van der Waals surface area contributed by atoms with E-state index in [1.54, 1.807) is 11.1 Å². The van der Waals surface area contributed by atoms with Crippen molar-refractivity contribution in [3.05, 3.63) is 40.5 Å². The molecule has 1 aliphatic heterocycles. The van der Waals surface area contributed by atoms with Gasteiger partial charge in [-0.1, -0.05) is 31.5 Å². The second kappa shape index (κ2) is 6.86. The highest BCUT2D eigenvalue weighted by atomic mass is 32.2. The predicted octanol–water partition coefficient (Wildman–Crippen LogP) is 6.13. The molecule has 0 saturated heterocycles. The zero-order chi connectivity index (χ0) is 17.7. The Labute approximate surface area is 162 Å². The highest BCUT2D eigenvalue weighted by molar-refractivity contribution is 7.99. The first-order chi connectivity index (χ1) is 12.7. The van der Waals surface area contributed by atoms with Crippen molar-refractivity contribution in [1.82, 2.24) is 0 Å². The van der Waals surface area contributed by atoms with E-state index in [4.69, 9.17) is 4.99 Å². The van der Waals surface area contributed by atoms with E-state index in [0.29, 0.717) is 0 Å². The van der Waals surface area contributed by atoms with Crippen LogP contribution in [0.5, 0.6) is 0 Å². The molecule has 3 aliphatic carbocycles. The summed E-state index contributed by atoms with van der Waals surface area (Å²) in [5.41, 5.74) is 9.06. The summed E-state index contributed by atoms with van der Waals surface area (Å²) in [6, 6.07) is 7.35. The van der Waals surface area contributed by atoms with Crippen molar-refractivity contribution in [1.29, 1.82) is 0 Å². The van der Waals surface area contributed by atoms with E-state index in [9.17, 15) is 0 Å². The van der Waals surface area contributed by atoms with Gasteiger partial charge in [-0.15, -0.1) is 0 Å². The van der Waals surface area contributed by atoms with Crippen LogP contribution in [-0.2, 0) is 6.42 Å². The fraction of sp³-hybridized carbons (Fsp3) is 0.625. The van der Waals surface area contributed by atoms with Crippen LogP contribution < -0.4 is 0 Å². The molecule has 5 rings (SSSR count). The summed E-state index contributed by atoms with van der Waals surface area (Å²) in [4.78, 5) is 4.80. The molecular weight excluding hydrogens is 334 g/mol. The van der Waals surface area contributed by atoms with Gasteiger partial charge in [-0.05, 0) is 96.3 Å². The Morgan fingerprint density at radius 3 is 2.92 bits per heavy atom. The summed E-state index contributed by atoms with van der Waals surface area (Å²) in [6.45, 7) is 5.53. The molecule has 0 N–H and O–H groups in total. The molecule has 1 nitrogen and oxygen atoms in total. The number of rotatable bonds is 5. The first-order valence-corrected chi connectivity index (χ1v) is 11.8. The van der Waals surface area contributed by atoms with Crippen molar-refractivity contribution >= 4 is 23.0 Å². The quantitative estimate of drug-likeness (QED) is 0.611. The molecule has 4 aliphatic rings. The first kappa shape index (κ1) is 17.1. The van der Waals surface area contributed by atoms with Gasteiger partial charge in [0.15, 0.2) is 0 Å². The van der Waals surface area contributed by atoms with Gasteiger partial charge in [0.05, 0.1) is 6.54 Å². The van der Waals surface area contributed by atoms with E-state index in [1.165, 1.54) is 66.7 Å². The summed E-state index contributed by atoms with van der Waals surface area (Å²) in [7, 11) is 0. The Kier molecular flexibility index (Phi) is 4.51. The van der Waals surface area contributed by atoms with Gasteiger partial charge in [-0.2, -0.15) is 11.8 Å². The largest absolute Gasteiger partial charge is 0.285 e. The molecule has 2 fully saturated rings. The topological polar surface area (TPSA) is 12.4 Å². The van der Waals surface area contributed by atoms with Gasteiger partial charge < -0.3 is 0 Å². The lowest BCUT2D eigenvalue weighted by molar-refractivity contribution is 0.561. The molecule has 138 valence electrons. The Morgan fingerprint density at radius 1 is 1.15 bits per heavy atom. The van der Waals surface area contributed by atoms with Gasteiger partial charge in [0.2, 0.25) is 0 Å². The molecule has 0 amide bonds. The van der Waals surface area contributed by atoms with E-state index in [1.807, 2.05) is 0 Å². The standard InChI is InChI=1S/C24H31NS/c1-15-3-4-17(9-15)13-26-14-24-16(2)25-12-23(24)19-7-8-21-18(10-19)5-6-20-11-22(20)21/h7-8,10,15,17,20,22H,3-6,9,11-14H2,1-2H3. The zero-order valence-corrected chi connectivity index (χ0v) is 17.1. The van der Waals surface area contributed by atoms with Crippen LogP contribution in [0.15, 0.2) is 28.8 Å². The van der Waals surface area contributed by atoms with E-state index in [-0.39, 0.29) is 0 Å². The minimum Gasteiger partial charge on any atom is -0.285 e. The molecule has 26 heavy (non-hydrogen) atoms. The molecule has 0 radical (unpaired) electrons. The maximum Gasteiger partial charge on any atom is 0.0652 e. The molecule has 0 aromatic heterocycles. The lowest BCUT2D eigenvalue weighted by Crippen LogP contribution is -2.05. The minimum atomic E-state index is 0.896. The van der Waals surface area contributed by atoms with Crippen molar-refractivity contribution in [2.45, 2.75) is 58.3 Å². The number of nitrogens with zero attached hydrogens (tertiary/aromatic N) is 1. The van der Waals surface area contributed by atoms with E-state index < -0.39 is 0 Å². The average Bonchev–Trinajstić information content (AvgIpc) is 3.21. The second-order valence-electron chi connectivity index (χ2n) is 9.21. The number of hydrogen-bond acceptors (Lipinski definition) is 2. The summed E-state index contributed by atoms with van der Waals surface area (Å²) in [5, 5.41) is 0. The lowest BCUT2D eigenvalue weighted by atomic mass is 9.88. The molecule has 0 bridgehead atoms. The molecule has 1 aromatic carbocycles. The predicted molar refractivity (Wildman–Crippen MR) is 114 cm³/mol. The lowest BCUT2D eigenvalue weighted by Gasteiger charge is -2.17. The van der Waals surface area contributed by atoms with Crippen molar-refractivity contribution in [3.63, 3.8) is 0 Å². The monoisotopic (exact) mass is 365 g/mol. The fourth-order valence-corrected chi connectivity index (χ4v) is 6.87. The molecule has 0 spiro atoms. The normalized spacial score (nSPS) is 32.5. The molecule has 2 saturated carbocycles. The van der Waals surface area contributed by atoms with Crippen molar-refractivity contribution < 1.29 is 0 Å².